The van der Waals surface area contributed by atoms with Gasteiger partial charge in [0, 0.05) is 6.61 Å². The second-order valence-corrected chi connectivity index (χ2v) is 3.29. The molecule has 0 aromatic carbocycles. The molecular weight excluding hydrogens is 215 g/mol. The van der Waals surface area contributed by atoms with Crippen molar-refractivity contribution in [1.29, 1.82) is 0 Å². The minimum atomic E-state index is -4.85. The Labute approximate surface area is 85.1 Å². The lowest BCUT2D eigenvalue weighted by molar-refractivity contribution is -0.205. The van der Waals surface area contributed by atoms with Crippen LogP contribution in [-0.4, -0.2) is 41.0 Å². The molecule has 0 saturated carbocycles. The lowest BCUT2D eigenvalue weighted by Crippen LogP contribution is -2.60. The van der Waals surface area contributed by atoms with Gasteiger partial charge in [-0.1, -0.05) is 0 Å². The van der Waals surface area contributed by atoms with Gasteiger partial charge in [-0.2, -0.15) is 13.2 Å². The van der Waals surface area contributed by atoms with Crippen molar-refractivity contribution >= 4 is 5.97 Å². The van der Waals surface area contributed by atoms with E-state index in [0.717, 1.165) is 0 Å². The van der Waals surface area contributed by atoms with Crippen molar-refractivity contribution in [2.75, 3.05) is 13.2 Å². The second-order valence-electron chi connectivity index (χ2n) is 3.29. The highest BCUT2D eigenvalue weighted by atomic mass is 19.4. The first-order chi connectivity index (χ1) is 6.75. The topological polar surface area (TPSA) is 69.6 Å². The van der Waals surface area contributed by atoms with Gasteiger partial charge in [-0.15, -0.1) is 0 Å². The number of aliphatic hydroxyl groups excluding tert-OH is 1. The van der Waals surface area contributed by atoms with Crippen molar-refractivity contribution in [3.05, 3.63) is 0 Å². The molecule has 7 heteroatoms. The van der Waals surface area contributed by atoms with Gasteiger partial charge in [-0.05, 0) is 26.3 Å². The number of nitrogens with one attached hydrogen (secondary N) is 1. The molecule has 0 amide bonds. The summed E-state index contributed by atoms with van der Waals surface area (Å²) in [6.07, 6.45) is -4.23. The number of aliphatic hydroxyl groups is 1. The monoisotopic (exact) mass is 229 g/mol. The zero-order chi connectivity index (χ0) is 12.1. The Hall–Kier alpha value is -0.820. The Bertz CT molecular complexity index is 220. The van der Waals surface area contributed by atoms with Gasteiger partial charge in [-0.3, -0.25) is 5.32 Å². The molecule has 0 aliphatic heterocycles. The Morgan fingerprint density at radius 1 is 1.33 bits per heavy atom. The number of hydrogen-bond acceptors (Lipinski definition) is 3. The van der Waals surface area contributed by atoms with Crippen LogP contribution in [-0.2, 0) is 4.79 Å². The van der Waals surface area contributed by atoms with Crippen LogP contribution >= 0.6 is 0 Å². The molecule has 0 fully saturated rings. The third kappa shape index (κ3) is 3.67. The van der Waals surface area contributed by atoms with E-state index in [4.69, 9.17) is 10.2 Å². The molecule has 0 bridgehead atoms. The zero-order valence-electron chi connectivity index (χ0n) is 8.26. The summed E-state index contributed by atoms with van der Waals surface area (Å²) in [5.74, 6) is -1.96. The van der Waals surface area contributed by atoms with Gasteiger partial charge in [0.1, 0.15) is 0 Å². The van der Waals surface area contributed by atoms with Gasteiger partial charge in [0.15, 0.2) is 0 Å². The van der Waals surface area contributed by atoms with E-state index in [2.05, 4.69) is 0 Å². The first-order valence-corrected chi connectivity index (χ1v) is 4.41. The number of hydrogen-bond donors (Lipinski definition) is 3. The van der Waals surface area contributed by atoms with Crippen LogP contribution in [0.3, 0.4) is 0 Å². The van der Waals surface area contributed by atoms with Gasteiger partial charge >= 0.3 is 12.1 Å². The second kappa shape index (κ2) is 5.32. The molecule has 0 rings (SSSR count). The predicted molar refractivity (Wildman–Crippen MR) is 46.4 cm³/mol. The van der Waals surface area contributed by atoms with Crippen LogP contribution in [0.5, 0.6) is 0 Å². The molecule has 0 heterocycles. The summed E-state index contributed by atoms with van der Waals surface area (Å²) in [7, 11) is 0. The van der Waals surface area contributed by atoms with E-state index in [9.17, 15) is 18.0 Å². The average molecular weight is 229 g/mol. The van der Waals surface area contributed by atoms with Crippen molar-refractivity contribution < 1.29 is 28.2 Å². The minimum Gasteiger partial charge on any atom is -0.480 e. The van der Waals surface area contributed by atoms with Crippen molar-refractivity contribution in [3.63, 3.8) is 0 Å². The number of unbranched alkanes of at least 4 members (excludes halogenated alkanes) is 1. The standard InChI is InChI=1S/C8H14F3NO3/c1-7(6(14)15,8(9,10)11)12-4-2-3-5-13/h12-13H,2-5H2,1H3,(H,14,15). The normalized spacial score (nSPS) is 16.1. The molecule has 4 nitrogen and oxygen atoms in total. The van der Waals surface area contributed by atoms with Gasteiger partial charge in [0.2, 0.25) is 5.54 Å². The van der Waals surface area contributed by atoms with Crippen LogP contribution in [0.4, 0.5) is 13.2 Å². The molecule has 0 spiro atoms. The third-order valence-electron chi connectivity index (χ3n) is 2.06. The summed E-state index contributed by atoms with van der Waals surface area (Å²) in [6, 6.07) is 0. The summed E-state index contributed by atoms with van der Waals surface area (Å²) in [5, 5.41) is 18.8. The van der Waals surface area contributed by atoms with E-state index in [1.165, 1.54) is 0 Å². The fraction of sp³-hybridized carbons (Fsp3) is 0.875. The average Bonchev–Trinajstić information content (AvgIpc) is 2.09. The van der Waals surface area contributed by atoms with Crippen molar-refractivity contribution in [3.8, 4) is 0 Å². The van der Waals surface area contributed by atoms with Gasteiger partial charge < -0.3 is 10.2 Å². The van der Waals surface area contributed by atoms with E-state index in [-0.39, 0.29) is 19.6 Å². The number of carbonyl (C=O) groups is 1. The lowest BCUT2D eigenvalue weighted by atomic mass is 10.0. The SMILES string of the molecule is CC(NCCCCO)(C(=O)O)C(F)(F)F. The molecule has 3 N–H and O–H groups in total. The number of carboxylic acid groups (broad SMARTS) is 1. The van der Waals surface area contributed by atoms with E-state index >= 15 is 0 Å². The van der Waals surface area contributed by atoms with Gasteiger partial charge in [0.05, 0.1) is 0 Å². The molecular formula is C8H14F3NO3. The molecule has 0 radical (unpaired) electrons. The lowest BCUT2D eigenvalue weighted by Gasteiger charge is -2.28. The maximum absolute atomic E-state index is 12.4. The summed E-state index contributed by atoms with van der Waals surface area (Å²) in [6.45, 7) is 0.342. The Kier molecular flexibility index (Phi) is 5.02. The Morgan fingerprint density at radius 2 is 1.87 bits per heavy atom. The van der Waals surface area contributed by atoms with Crippen LogP contribution in [0, 0.1) is 0 Å². The quantitative estimate of drug-likeness (QED) is 0.588. The number of alkyl halides is 3. The largest absolute Gasteiger partial charge is 0.480 e. The van der Waals surface area contributed by atoms with Gasteiger partial charge in [-0.25, -0.2) is 4.79 Å². The molecule has 0 saturated heterocycles. The van der Waals surface area contributed by atoms with Crippen molar-refractivity contribution in [2.45, 2.75) is 31.5 Å². The zero-order valence-corrected chi connectivity index (χ0v) is 8.26. The fourth-order valence-electron chi connectivity index (χ4n) is 0.872. The summed E-state index contributed by atoms with van der Waals surface area (Å²) < 4.78 is 37.1. The highest BCUT2D eigenvalue weighted by molar-refractivity contribution is 5.79. The molecule has 0 aliphatic rings. The minimum absolute atomic E-state index is 0.108. The van der Waals surface area contributed by atoms with Crippen LogP contribution in [0.1, 0.15) is 19.8 Å². The number of carboxylic acids is 1. The van der Waals surface area contributed by atoms with Crippen molar-refractivity contribution in [2.24, 2.45) is 0 Å². The summed E-state index contributed by atoms with van der Waals surface area (Å²) in [5.41, 5.74) is -2.93. The van der Waals surface area contributed by atoms with Crippen LogP contribution < -0.4 is 5.32 Å². The maximum atomic E-state index is 12.4. The smallest absolute Gasteiger partial charge is 0.417 e. The number of rotatable bonds is 6. The van der Waals surface area contributed by atoms with Crippen LogP contribution in [0.2, 0.25) is 0 Å². The molecule has 1 atom stereocenters. The first-order valence-electron chi connectivity index (χ1n) is 4.41. The highest BCUT2D eigenvalue weighted by Gasteiger charge is 2.56. The highest BCUT2D eigenvalue weighted by Crippen LogP contribution is 2.30. The van der Waals surface area contributed by atoms with E-state index in [1.807, 2.05) is 5.32 Å². The first kappa shape index (κ1) is 14.2. The van der Waals surface area contributed by atoms with Crippen LogP contribution in [0.25, 0.3) is 0 Å². The Morgan fingerprint density at radius 3 is 2.20 bits per heavy atom. The Balaban J connectivity index is 4.35. The molecule has 0 aromatic rings. The third-order valence-corrected chi connectivity index (χ3v) is 2.06. The molecule has 15 heavy (non-hydrogen) atoms. The summed E-state index contributed by atoms with van der Waals surface area (Å²) >= 11 is 0. The number of aliphatic carboxylic acids is 1. The fourth-order valence-corrected chi connectivity index (χ4v) is 0.872. The molecule has 0 aliphatic carbocycles. The molecule has 1 unspecified atom stereocenters. The van der Waals surface area contributed by atoms with E-state index < -0.39 is 17.7 Å². The van der Waals surface area contributed by atoms with Crippen LogP contribution in [0.15, 0.2) is 0 Å². The number of halogens is 3. The molecule has 90 valence electrons. The summed E-state index contributed by atoms with van der Waals surface area (Å²) in [4.78, 5) is 10.5. The van der Waals surface area contributed by atoms with Crippen molar-refractivity contribution in [1.82, 2.24) is 5.32 Å². The predicted octanol–water partition coefficient (Wildman–Crippen LogP) is 0.754. The van der Waals surface area contributed by atoms with E-state index in [1.54, 1.807) is 0 Å². The maximum Gasteiger partial charge on any atom is 0.417 e. The van der Waals surface area contributed by atoms with Gasteiger partial charge in [0.25, 0.3) is 0 Å². The van der Waals surface area contributed by atoms with E-state index in [0.29, 0.717) is 13.3 Å². The molecule has 0 aromatic heterocycles.